The molecule has 2 amide bonds. The average Bonchev–Trinajstić information content (AvgIpc) is 2.73. The molecule has 0 aromatic heterocycles. The first-order valence-electron chi connectivity index (χ1n) is 9.85. The molecule has 2 aromatic carbocycles. The Hall–Kier alpha value is -2.62. The van der Waals surface area contributed by atoms with Crippen LogP contribution < -0.4 is 0 Å². The molecule has 4 nitrogen and oxygen atoms in total. The van der Waals surface area contributed by atoms with E-state index < -0.39 is 0 Å². The van der Waals surface area contributed by atoms with E-state index in [0.29, 0.717) is 13.1 Å². The first-order valence-corrected chi connectivity index (χ1v) is 9.85. The molecular weight excluding hydrogens is 336 g/mol. The summed E-state index contributed by atoms with van der Waals surface area (Å²) in [5, 5.41) is 2.52. The first kappa shape index (κ1) is 17.8. The second-order valence-electron chi connectivity index (χ2n) is 7.59. The third-order valence-electron chi connectivity index (χ3n) is 5.87. The highest BCUT2D eigenvalue weighted by Gasteiger charge is 2.30. The summed E-state index contributed by atoms with van der Waals surface area (Å²) >= 11 is 0. The van der Waals surface area contributed by atoms with Crippen LogP contribution in [0.15, 0.2) is 48.5 Å². The van der Waals surface area contributed by atoms with Gasteiger partial charge < -0.3 is 9.80 Å². The van der Waals surface area contributed by atoms with Crippen LogP contribution in [0.2, 0.25) is 0 Å². The zero-order chi connectivity index (χ0) is 18.8. The molecule has 1 saturated heterocycles. The van der Waals surface area contributed by atoms with Crippen molar-refractivity contribution in [1.82, 2.24) is 9.80 Å². The Balaban J connectivity index is 1.48. The third-order valence-corrected chi connectivity index (χ3v) is 5.87. The number of fused-ring (bicyclic) bond motifs is 1. The van der Waals surface area contributed by atoms with Gasteiger partial charge in [0, 0.05) is 33.1 Å². The molecule has 1 fully saturated rings. The van der Waals surface area contributed by atoms with Gasteiger partial charge in [0.05, 0.1) is 5.92 Å². The van der Waals surface area contributed by atoms with Gasteiger partial charge in [-0.15, -0.1) is 0 Å². The van der Waals surface area contributed by atoms with E-state index in [1.807, 2.05) is 9.80 Å². The van der Waals surface area contributed by atoms with Crippen LogP contribution in [0.4, 0.5) is 0 Å². The minimum absolute atomic E-state index is 0.0462. The van der Waals surface area contributed by atoms with Crippen molar-refractivity contribution < 1.29 is 9.59 Å². The minimum Gasteiger partial charge on any atom is -0.342 e. The van der Waals surface area contributed by atoms with E-state index in [1.165, 1.54) is 21.9 Å². The van der Waals surface area contributed by atoms with Crippen LogP contribution in [0.1, 0.15) is 31.7 Å². The molecule has 2 aromatic rings. The lowest BCUT2D eigenvalue weighted by molar-refractivity contribution is -0.139. The summed E-state index contributed by atoms with van der Waals surface area (Å²) < 4.78 is 0. The van der Waals surface area contributed by atoms with E-state index >= 15 is 0 Å². The van der Waals surface area contributed by atoms with Crippen LogP contribution in [-0.2, 0) is 9.59 Å². The monoisotopic (exact) mass is 362 g/mol. The summed E-state index contributed by atoms with van der Waals surface area (Å²) in [5.74, 6) is 0.230. The second kappa shape index (κ2) is 7.55. The number of hydrogen-bond donors (Lipinski definition) is 0. The van der Waals surface area contributed by atoms with Gasteiger partial charge in [0.2, 0.25) is 11.8 Å². The molecule has 4 heteroatoms. The van der Waals surface area contributed by atoms with Crippen molar-refractivity contribution >= 4 is 28.2 Å². The number of hydrogen-bond acceptors (Lipinski definition) is 2. The van der Waals surface area contributed by atoms with Crippen molar-refractivity contribution in [2.45, 2.75) is 26.2 Å². The highest BCUT2D eigenvalue weighted by atomic mass is 16.2. The molecule has 0 spiro atoms. The number of carbonyl (C=O) groups is 2. The predicted molar refractivity (Wildman–Crippen MR) is 108 cm³/mol. The van der Waals surface area contributed by atoms with Crippen molar-refractivity contribution in [1.29, 1.82) is 0 Å². The van der Waals surface area contributed by atoms with Gasteiger partial charge in [0.25, 0.3) is 0 Å². The van der Waals surface area contributed by atoms with Crippen molar-refractivity contribution in [3.8, 4) is 0 Å². The summed E-state index contributed by atoms with van der Waals surface area (Å²) in [4.78, 5) is 28.4. The molecule has 2 heterocycles. The zero-order valence-electron chi connectivity index (χ0n) is 15.9. The Morgan fingerprint density at radius 2 is 1.81 bits per heavy atom. The summed E-state index contributed by atoms with van der Waals surface area (Å²) in [6, 6.07) is 14.9. The largest absolute Gasteiger partial charge is 0.342 e. The maximum atomic E-state index is 12.9. The standard InChI is InChI=1S/C23H26N2O2/c1-17(26)25-13-5-8-20(16-25)23(27)24-14-11-19(12-15-24)22-10-4-7-18-6-2-3-9-21(18)22/h2-4,6-7,9-11,20H,5,8,12-16H2,1H3. The predicted octanol–water partition coefficient (Wildman–Crippen LogP) is 3.71. The topological polar surface area (TPSA) is 40.6 Å². The van der Waals surface area contributed by atoms with Gasteiger partial charge in [-0.25, -0.2) is 0 Å². The van der Waals surface area contributed by atoms with Crippen LogP contribution in [-0.4, -0.2) is 47.8 Å². The van der Waals surface area contributed by atoms with E-state index in [-0.39, 0.29) is 17.7 Å². The lowest BCUT2D eigenvalue weighted by Crippen LogP contribution is -2.47. The molecule has 4 rings (SSSR count). The summed E-state index contributed by atoms with van der Waals surface area (Å²) in [7, 11) is 0. The molecule has 1 unspecified atom stereocenters. The smallest absolute Gasteiger partial charge is 0.227 e. The molecule has 0 radical (unpaired) electrons. The van der Waals surface area contributed by atoms with E-state index in [4.69, 9.17) is 0 Å². The lowest BCUT2D eigenvalue weighted by atomic mass is 9.92. The second-order valence-corrected chi connectivity index (χ2v) is 7.59. The van der Waals surface area contributed by atoms with E-state index in [1.54, 1.807) is 6.92 Å². The van der Waals surface area contributed by atoms with E-state index in [0.717, 1.165) is 32.4 Å². The molecule has 0 N–H and O–H groups in total. The molecule has 0 bridgehead atoms. The Labute approximate surface area is 160 Å². The summed E-state index contributed by atoms with van der Waals surface area (Å²) in [5.41, 5.74) is 2.60. The fourth-order valence-electron chi connectivity index (χ4n) is 4.34. The Morgan fingerprint density at radius 3 is 2.59 bits per heavy atom. The number of piperidine rings is 1. The molecular formula is C23H26N2O2. The number of likely N-dealkylation sites (tertiary alicyclic amines) is 1. The molecule has 0 saturated carbocycles. The SMILES string of the molecule is CC(=O)N1CCCC(C(=O)N2CC=C(c3cccc4ccccc34)CC2)C1. The number of rotatable bonds is 2. The summed E-state index contributed by atoms with van der Waals surface area (Å²) in [6.07, 6.45) is 4.89. The maximum absolute atomic E-state index is 12.9. The van der Waals surface area contributed by atoms with Gasteiger partial charge in [-0.1, -0.05) is 48.5 Å². The molecule has 2 aliphatic rings. The van der Waals surface area contributed by atoms with Crippen molar-refractivity contribution in [2.75, 3.05) is 26.2 Å². The molecule has 27 heavy (non-hydrogen) atoms. The third kappa shape index (κ3) is 3.61. The normalized spacial score (nSPS) is 20.5. The Bertz CT molecular complexity index is 897. The van der Waals surface area contributed by atoms with Crippen molar-refractivity contribution in [2.24, 2.45) is 5.92 Å². The maximum Gasteiger partial charge on any atom is 0.227 e. The number of benzene rings is 2. The van der Waals surface area contributed by atoms with Crippen LogP contribution in [0.5, 0.6) is 0 Å². The molecule has 2 aliphatic heterocycles. The summed E-state index contributed by atoms with van der Waals surface area (Å²) in [6.45, 7) is 4.36. The highest BCUT2D eigenvalue weighted by molar-refractivity contribution is 5.94. The molecule has 0 aliphatic carbocycles. The Kier molecular flexibility index (Phi) is 4.97. The van der Waals surface area contributed by atoms with Gasteiger partial charge in [0.15, 0.2) is 0 Å². The van der Waals surface area contributed by atoms with Gasteiger partial charge in [-0.2, -0.15) is 0 Å². The van der Waals surface area contributed by atoms with E-state index in [2.05, 4.69) is 48.5 Å². The van der Waals surface area contributed by atoms with Gasteiger partial charge in [0.1, 0.15) is 0 Å². The Morgan fingerprint density at radius 1 is 1.00 bits per heavy atom. The van der Waals surface area contributed by atoms with Crippen molar-refractivity contribution in [3.63, 3.8) is 0 Å². The molecule has 140 valence electrons. The van der Waals surface area contributed by atoms with Gasteiger partial charge in [-0.3, -0.25) is 9.59 Å². The van der Waals surface area contributed by atoms with E-state index in [9.17, 15) is 9.59 Å². The quantitative estimate of drug-likeness (QED) is 0.817. The number of amides is 2. The average molecular weight is 362 g/mol. The van der Waals surface area contributed by atoms with Crippen LogP contribution in [0.25, 0.3) is 16.3 Å². The van der Waals surface area contributed by atoms with Crippen LogP contribution >= 0.6 is 0 Å². The first-order chi connectivity index (χ1) is 13.1. The lowest BCUT2D eigenvalue weighted by Gasteiger charge is -2.35. The number of nitrogens with zero attached hydrogens (tertiary/aromatic N) is 2. The van der Waals surface area contributed by atoms with Crippen LogP contribution in [0, 0.1) is 5.92 Å². The fraction of sp³-hybridized carbons (Fsp3) is 0.391. The van der Waals surface area contributed by atoms with Crippen molar-refractivity contribution in [3.05, 3.63) is 54.1 Å². The van der Waals surface area contributed by atoms with Crippen LogP contribution in [0.3, 0.4) is 0 Å². The number of carbonyl (C=O) groups excluding carboxylic acids is 2. The fourth-order valence-corrected chi connectivity index (χ4v) is 4.34. The zero-order valence-corrected chi connectivity index (χ0v) is 15.9. The minimum atomic E-state index is -0.0462. The molecule has 1 atom stereocenters. The van der Waals surface area contributed by atoms with Gasteiger partial charge in [-0.05, 0) is 41.2 Å². The van der Waals surface area contributed by atoms with Gasteiger partial charge >= 0.3 is 0 Å². The highest BCUT2D eigenvalue weighted by Crippen LogP contribution is 2.30.